The molecule has 30 heavy (non-hydrogen) atoms. The Hall–Kier alpha value is -1.20. The van der Waals surface area contributed by atoms with E-state index in [0.29, 0.717) is 12.6 Å². The summed E-state index contributed by atoms with van der Waals surface area (Å²) in [5, 5.41) is 17.3. The van der Waals surface area contributed by atoms with Crippen LogP contribution in [0.15, 0.2) is 22.5 Å². The van der Waals surface area contributed by atoms with Gasteiger partial charge in [0.2, 0.25) is 0 Å². The number of guanidine groups is 1. The average molecular weight is 547 g/mol. The minimum atomic E-state index is 0. The van der Waals surface area contributed by atoms with Gasteiger partial charge in [-0.1, -0.05) is 25.3 Å². The normalized spacial score (nSPS) is 15.1. The van der Waals surface area contributed by atoms with Crippen molar-refractivity contribution >= 4 is 41.3 Å². The number of hydrogen-bond acceptors (Lipinski definition) is 5. The summed E-state index contributed by atoms with van der Waals surface area (Å²) in [6.45, 7) is 4.95. The summed E-state index contributed by atoms with van der Waals surface area (Å²) in [7, 11) is 1.97. The summed E-state index contributed by atoms with van der Waals surface area (Å²) < 4.78 is 8.00. The third-order valence-corrected chi connectivity index (χ3v) is 6.26. The van der Waals surface area contributed by atoms with E-state index in [9.17, 15) is 0 Å². The van der Waals surface area contributed by atoms with Crippen molar-refractivity contribution in [3.63, 3.8) is 0 Å². The molecule has 0 aliphatic heterocycles. The molecule has 2 aromatic heterocycles. The Balaban J connectivity index is 0.00000320. The number of nitrogens with zero attached hydrogens (tertiary/aromatic N) is 4. The van der Waals surface area contributed by atoms with E-state index in [0.717, 1.165) is 50.1 Å². The fraction of sp³-hybridized carbons (Fsp3) is 0.667. The Labute approximate surface area is 201 Å². The monoisotopic (exact) mass is 546 g/mol. The minimum absolute atomic E-state index is 0. The first-order valence-corrected chi connectivity index (χ1v) is 11.6. The van der Waals surface area contributed by atoms with E-state index in [1.807, 2.05) is 18.5 Å². The first-order valence-electron chi connectivity index (χ1n) is 10.7. The van der Waals surface area contributed by atoms with Crippen LogP contribution in [0.25, 0.3) is 0 Å². The summed E-state index contributed by atoms with van der Waals surface area (Å²) in [5.41, 5.74) is 0. The van der Waals surface area contributed by atoms with Crippen LogP contribution < -0.4 is 10.6 Å². The van der Waals surface area contributed by atoms with E-state index in [1.165, 1.54) is 37.0 Å². The van der Waals surface area contributed by atoms with E-state index >= 15 is 0 Å². The van der Waals surface area contributed by atoms with Gasteiger partial charge in [0.05, 0.1) is 6.10 Å². The zero-order chi connectivity index (χ0) is 20.3. The summed E-state index contributed by atoms with van der Waals surface area (Å²) in [6.07, 6.45) is 8.88. The fourth-order valence-corrected chi connectivity index (χ4v) is 4.14. The second-order valence-electron chi connectivity index (χ2n) is 7.55. The van der Waals surface area contributed by atoms with Crippen molar-refractivity contribution in [3.05, 3.63) is 34.0 Å². The van der Waals surface area contributed by atoms with Crippen LogP contribution in [0.2, 0.25) is 0 Å². The van der Waals surface area contributed by atoms with Crippen LogP contribution in [0.1, 0.15) is 55.1 Å². The van der Waals surface area contributed by atoms with Gasteiger partial charge >= 0.3 is 0 Å². The van der Waals surface area contributed by atoms with E-state index in [2.05, 4.69) is 38.3 Å². The smallest absolute Gasteiger partial charge is 0.191 e. The van der Waals surface area contributed by atoms with E-state index in [4.69, 9.17) is 9.73 Å². The van der Waals surface area contributed by atoms with E-state index < -0.39 is 0 Å². The number of halogens is 1. The zero-order valence-electron chi connectivity index (χ0n) is 18.1. The maximum atomic E-state index is 6.02. The third kappa shape index (κ3) is 8.50. The maximum absolute atomic E-state index is 6.02. The maximum Gasteiger partial charge on any atom is 0.191 e. The predicted molar refractivity (Wildman–Crippen MR) is 134 cm³/mol. The molecule has 2 aromatic rings. The number of aromatic nitrogens is 3. The summed E-state index contributed by atoms with van der Waals surface area (Å²) in [6, 6.07) is 4.26. The molecule has 1 aliphatic carbocycles. The summed E-state index contributed by atoms with van der Waals surface area (Å²) in [4.78, 5) is 6.08. The van der Waals surface area contributed by atoms with Crippen LogP contribution in [0.5, 0.6) is 0 Å². The van der Waals surface area contributed by atoms with Gasteiger partial charge in [0.15, 0.2) is 11.8 Å². The van der Waals surface area contributed by atoms with Crippen LogP contribution in [0, 0.1) is 6.92 Å². The lowest BCUT2D eigenvalue weighted by atomic mass is 9.98. The predicted octanol–water partition coefficient (Wildman–Crippen LogP) is 3.82. The molecule has 2 N–H and O–H groups in total. The first-order chi connectivity index (χ1) is 14.2. The molecule has 1 aliphatic rings. The van der Waals surface area contributed by atoms with Gasteiger partial charge in [-0.15, -0.1) is 45.5 Å². The third-order valence-electron chi connectivity index (χ3n) is 5.32. The standard InChI is InChI=1S/C21H34N6OS.HI/c1-17-25-26-20(27(17)2)16-24-21(23-13-11-19-10-6-15-29-19)22-12-7-14-28-18-8-4-3-5-9-18;/h6,10,15,18H,3-5,7-9,11-14,16H2,1-2H3,(H2,22,23,24);1H. The van der Waals surface area contributed by atoms with Crippen LogP contribution >= 0.6 is 35.3 Å². The molecule has 7 nitrogen and oxygen atoms in total. The highest BCUT2D eigenvalue weighted by Gasteiger charge is 2.13. The summed E-state index contributed by atoms with van der Waals surface area (Å²) >= 11 is 1.79. The van der Waals surface area contributed by atoms with Crippen molar-refractivity contribution in [2.45, 2.75) is 64.5 Å². The average Bonchev–Trinajstić information content (AvgIpc) is 3.37. The van der Waals surface area contributed by atoms with Gasteiger partial charge in [0.1, 0.15) is 12.4 Å². The van der Waals surface area contributed by atoms with E-state index in [-0.39, 0.29) is 24.0 Å². The Kier molecular flexibility index (Phi) is 11.7. The number of nitrogens with one attached hydrogen (secondary N) is 2. The molecule has 0 aromatic carbocycles. The van der Waals surface area contributed by atoms with Gasteiger partial charge in [-0.25, -0.2) is 4.99 Å². The first kappa shape index (κ1) is 25.1. The molecule has 0 bridgehead atoms. The topological polar surface area (TPSA) is 76.4 Å². The lowest BCUT2D eigenvalue weighted by molar-refractivity contribution is 0.0277. The Morgan fingerprint density at radius 1 is 1.23 bits per heavy atom. The number of ether oxygens (including phenoxy) is 1. The molecule has 2 heterocycles. The van der Waals surface area contributed by atoms with Crippen LogP contribution in [0.4, 0.5) is 0 Å². The largest absolute Gasteiger partial charge is 0.378 e. The van der Waals surface area contributed by atoms with Crippen molar-refractivity contribution in [3.8, 4) is 0 Å². The van der Waals surface area contributed by atoms with Crippen LogP contribution in [0.3, 0.4) is 0 Å². The van der Waals surface area contributed by atoms with Crippen molar-refractivity contribution in [1.29, 1.82) is 0 Å². The minimum Gasteiger partial charge on any atom is -0.378 e. The number of aliphatic imine (C=N–C) groups is 1. The number of hydrogen-bond donors (Lipinski definition) is 2. The Morgan fingerprint density at radius 2 is 2.03 bits per heavy atom. The molecule has 1 saturated carbocycles. The molecule has 0 atom stereocenters. The van der Waals surface area contributed by atoms with Gasteiger partial charge in [-0.2, -0.15) is 0 Å². The molecule has 0 amide bonds. The van der Waals surface area contributed by atoms with Crippen molar-refractivity contribution in [2.24, 2.45) is 12.0 Å². The van der Waals surface area contributed by atoms with Gasteiger partial charge in [-0.3, -0.25) is 0 Å². The van der Waals surface area contributed by atoms with E-state index in [1.54, 1.807) is 11.3 Å². The second kappa shape index (κ2) is 14.0. The number of thiophene rings is 1. The lowest BCUT2D eigenvalue weighted by Gasteiger charge is -2.22. The molecule has 0 spiro atoms. The quantitative estimate of drug-likeness (QED) is 0.205. The summed E-state index contributed by atoms with van der Waals surface area (Å²) in [5.74, 6) is 2.58. The highest BCUT2D eigenvalue weighted by Crippen LogP contribution is 2.20. The molecule has 1 fully saturated rings. The highest BCUT2D eigenvalue weighted by molar-refractivity contribution is 14.0. The Morgan fingerprint density at radius 3 is 2.73 bits per heavy atom. The molecular weight excluding hydrogens is 511 g/mol. The molecule has 3 rings (SSSR count). The van der Waals surface area contributed by atoms with Crippen LogP contribution in [-0.2, 0) is 24.8 Å². The van der Waals surface area contributed by atoms with Gasteiger partial charge in [0, 0.05) is 31.6 Å². The SMILES string of the molecule is Cc1nnc(CN=C(NCCCOC2CCCCC2)NCCc2cccs2)n1C.I. The van der Waals surface area contributed by atoms with Crippen molar-refractivity contribution in [2.75, 3.05) is 19.7 Å². The van der Waals surface area contributed by atoms with Gasteiger partial charge in [-0.05, 0) is 44.1 Å². The van der Waals surface area contributed by atoms with Crippen molar-refractivity contribution in [1.82, 2.24) is 25.4 Å². The lowest BCUT2D eigenvalue weighted by Crippen LogP contribution is -2.39. The van der Waals surface area contributed by atoms with Crippen molar-refractivity contribution < 1.29 is 4.74 Å². The van der Waals surface area contributed by atoms with Gasteiger partial charge < -0.3 is 19.9 Å². The molecule has 0 radical (unpaired) electrons. The molecule has 0 unspecified atom stereocenters. The Bertz CT molecular complexity index is 743. The molecule has 168 valence electrons. The molecule has 9 heteroatoms. The molecular formula is C21H35IN6OS. The highest BCUT2D eigenvalue weighted by atomic mass is 127. The molecule has 0 saturated heterocycles. The second-order valence-corrected chi connectivity index (χ2v) is 8.59. The number of rotatable bonds is 10. The van der Waals surface area contributed by atoms with Crippen LogP contribution in [-0.4, -0.2) is 46.5 Å². The number of aryl methyl sites for hydroxylation is 1. The fourth-order valence-electron chi connectivity index (χ4n) is 3.43. The zero-order valence-corrected chi connectivity index (χ0v) is 21.2. The van der Waals surface area contributed by atoms with Gasteiger partial charge in [0.25, 0.3) is 0 Å².